The SMILES string of the molecule is Cc1ccc(C(C)(C)C)cc1/C(O)=C1\C(=O)C(=O)N(Cc2ccccn2)C1c1ccc(Cl)c(Cl)c1. The lowest BCUT2D eigenvalue weighted by Crippen LogP contribution is -2.29. The van der Waals surface area contributed by atoms with Gasteiger partial charge in [-0.1, -0.05) is 68.2 Å². The third-order valence-corrected chi connectivity index (χ3v) is 6.96. The van der Waals surface area contributed by atoms with E-state index in [9.17, 15) is 14.7 Å². The molecule has 0 radical (unpaired) electrons. The monoisotopic (exact) mass is 508 g/mol. The molecule has 1 aliphatic heterocycles. The Morgan fingerprint density at radius 1 is 1.03 bits per heavy atom. The number of carbonyl (C=O) groups is 2. The van der Waals surface area contributed by atoms with Crippen molar-refractivity contribution in [2.75, 3.05) is 0 Å². The van der Waals surface area contributed by atoms with Gasteiger partial charge in [0.15, 0.2) is 0 Å². The highest BCUT2D eigenvalue weighted by Gasteiger charge is 2.46. The lowest BCUT2D eigenvalue weighted by atomic mass is 9.84. The number of halogens is 2. The van der Waals surface area contributed by atoms with Crippen LogP contribution in [-0.4, -0.2) is 26.7 Å². The number of rotatable bonds is 4. The Morgan fingerprint density at radius 3 is 2.40 bits per heavy atom. The van der Waals surface area contributed by atoms with Crippen LogP contribution in [0.1, 0.15) is 54.8 Å². The number of likely N-dealkylation sites (tertiary alicyclic amines) is 1. The summed E-state index contributed by atoms with van der Waals surface area (Å²) in [5, 5.41) is 12.2. The van der Waals surface area contributed by atoms with Crippen LogP contribution in [0.15, 0.2) is 66.4 Å². The molecule has 1 fully saturated rings. The number of benzene rings is 2. The number of aliphatic hydroxyl groups excluding tert-OH is 1. The van der Waals surface area contributed by atoms with Gasteiger partial charge in [-0.15, -0.1) is 0 Å². The highest BCUT2D eigenvalue weighted by atomic mass is 35.5. The molecule has 1 atom stereocenters. The average Bonchev–Trinajstić information content (AvgIpc) is 3.05. The van der Waals surface area contributed by atoms with E-state index < -0.39 is 17.7 Å². The number of pyridine rings is 1. The highest BCUT2D eigenvalue weighted by molar-refractivity contribution is 6.46. The molecular formula is C28H26Cl2N2O3. The molecule has 0 bridgehead atoms. The van der Waals surface area contributed by atoms with Crippen molar-refractivity contribution in [2.45, 2.75) is 45.7 Å². The summed E-state index contributed by atoms with van der Waals surface area (Å²) in [6, 6.07) is 15.3. The highest BCUT2D eigenvalue weighted by Crippen LogP contribution is 2.42. The maximum atomic E-state index is 13.4. The Balaban J connectivity index is 1.93. The largest absolute Gasteiger partial charge is 0.507 e. The first-order chi connectivity index (χ1) is 16.5. The Bertz CT molecular complexity index is 1340. The minimum atomic E-state index is -0.857. The molecule has 7 heteroatoms. The topological polar surface area (TPSA) is 70.5 Å². The van der Waals surface area contributed by atoms with Crippen molar-refractivity contribution >= 4 is 40.7 Å². The standard InChI is InChI=1S/C28H26Cl2N2O3/c1-16-8-10-18(28(2,3)4)14-20(16)25(33)23-24(17-9-11-21(29)22(30)13-17)32(27(35)26(23)34)15-19-7-5-6-12-31-19/h5-14,24,33H,15H2,1-4H3/b25-23+. The normalized spacial score (nSPS) is 17.8. The van der Waals surface area contributed by atoms with E-state index >= 15 is 0 Å². The van der Waals surface area contributed by atoms with E-state index in [-0.39, 0.29) is 23.3 Å². The van der Waals surface area contributed by atoms with E-state index in [2.05, 4.69) is 25.8 Å². The fourth-order valence-corrected chi connectivity index (χ4v) is 4.53. The molecule has 2 heterocycles. The first kappa shape index (κ1) is 25.0. The Kier molecular flexibility index (Phi) is 6.76. The molecule has 0 spiro atoms. The minimum absolute atomic E-state index is 0.0125. The summed E-state index contributed by atoms with van der Waals surface area (Å²) in [6.45, 7) is 8.17. The van der Waals surface area contributed by atoms with Crippen molar-refractivity contribution in [2.24, 2.45) is 0 Å². The third-order valence-electron chi connectivity index (χ3n) is 6.22. The van der Waals surface area contributed by atoms with E-state index in [0.717, 1.165) is 11.1 Å². The number of aromatic nitrogens is 1. The molecule has 0 saturated carbocycles. The zero-order valence-electron chi connectivity index (χ0n) is 20.0. The molecule has 1 N–H and O–H groups in total. The zero-order chi connectivity index (χ0) is 25.5. The summed E-state index contributed by atoms with van der Waals surface area (Å²) in [6.07, 6.45) is 1.63. The second kappa shape index (κ2) is 9.48. The first-order valence-corrected chi connectivity index (χ1v) is 12.0. The van der Waals surface area contributed by atoms with Gasteiger partial charge in [-0.05, 0) is 59.4 Å². The second-order valence-corrected chi connectivity index (χ2v) is 10.5. The van der Waals surface area contributed by atoms with Gasteiger partial charge in [-0.25, -0.2) is 0 Å². The molecule has 1 unspecified atom stereocenters. The number of Topliss-reactive ketones (excluding diaryl/α,β-unsaturated/α-hetero) is 1. The van der Waals surface area contributed by atoms with Crippen LogP contribution in [0.4, 0.5) is 0 Å². The summed E-state index contributed by atoms with van der Waals surface area (Å²) in [4.78, 5) is 32.3. The summed E-state index contributed by atoms with van der Waals surface area (Å²) in [5.74, 6) is -1.68. The molecule has 1 aliphatic rings. The smallest absolute Gasteiger partial charge is 0.296 e. The molecule has 3 aromatic rings. The number of hydrogen-bond acceptors (Lipinski definition) is 4. The van der Waals surface area contributed by atoms with Crippen molar-refractivity contribution in [3.63, 3.8) is 0 Å². The maximum Gasteiger partial charge on any atom is 0.296 e. The number of amides is 1. The van der Waals surface area contributed by atoms with Crippen LogP contribution in [0.25, 0.3) is 5.76 Å². The van der Waals surface area contributed by atoms with Gasteiger partial charge in [0.1, 0.15) is 5.76 Å². The molecule has 0 aliphatic carbocycles. The Morgan fingerprint density at radius 2 is 1.77 bits per heavy atom. The number of aliphatic hydroxyl groups is 1. The van der Waals surface area contributed by atoms with Crippen LogP contribution in [0, 0.1) is 6.92 Å². The molecule has 4 rings (SSSR count). The predicted octanol–water partition coefficient (Wildman–Crippen LogP) is 6.62. The molecule has 1 saturated heterocycles. The summed E-state index contributed by atoms with van der Waals surface area (Å²) in [5.41, 5.74) is 3.33. The summed E-state index contributed by atoms with van der Waals surface area (Å²) < 4.78 is 0. The van der Waals surface area contributed by atoms with Gasteiger partial charge in [-0.3, -0.25) is 14.6 Å². The number of aryl methyl sites for hydroxylation is 1. The second-order valence-electron chi connectivity index (χ2n) is 9.70. The van der Waals surface area contributed by atoms with Gasteiger partial charge in [-0.2, -0.15) is 0 Å². The first-order valence-electron chi connectivity index (χ1n) is 11.2. The maximum absolute atomic E-state index is 13.4. The quantitative estimate of drug-likeness (QED) is 0.244. The number of ketones is 1. The summed E-state index contributed by atoms with van der Waals surface area (Å²) >= 11 is 12.4. The van der Waals surface area contributed by atoms with Gasteiger partial charge in [0, 0.05) is 11.8 Å². The lowest BCUT2D eigenvalue weighted by molar-refractivity contribution is -0.140. The summed E-state index contributed by atoms with van der Waals surface area (Å²) in [7, 11) is 0. The van der Waals surface area contributed by atoms with E-state index in [0.29, 0.717) is 26.9 Å². The molecule has 5 nitrogen and oxygen atoms in total. The van der Waals surface area contributed by atoms with Crippen LogP contribution >= 0.6 is 23.2 Å². The van der Waals surface area contributed by atoms with Crippen LogP contribution in [-0.2, 0) is 21.5 Å². The van der Waals surface area contributed by atoms with Crippen molar-refractivity contribution in [1.82, 2.24) is 9.88 Å². The Hall–Kier alpha value is -3.15. The third kappa shape index (κ3) is 4.84. The lowest BCUT2D eigenvalue weighted by Gasteiger charge is -2.26. The number of hydrogen-bond donors (Lipinski definition) is 1. The van der Waals surface area contributed by atoms with E-state index in [4.69, 9.17) is 23.2 Å². The molecule has 180 valence electrons. The molecule has 2 aromatic carbocycles. The number of carbonyl (C=O) groups excluding carboxylic acids is 2. The molecular weight excluding hydrogens is 483 g/mol. The molecule has 1 amide bonds. The van der Waals surface area contributed by atoms with Crippen molar-refractivity contribution in [3.05, 3.63) is 104 Å². The van der Waals surface area contributed by atoms with E-state index in [1.165, 1.54) is 4.90 Å². The van der Waals surface area contributed by atoms with Gasteiger partial charge >= 0.3 is 0 Å². The van der Waals surface area contributed by atoms with Crippen molar-refractivity contribution in [1.29, 1.82) is 0 Å². The van der Waals surface area contributed by atoms with Gasteiger partial charge in [0.25, 0.3) is 11.7 Å². The molecule has 35 heavy (non-hydrogen) atoms. The fraction of sp³-hybridized carbons (Fsp3) is 0.250. The minimum Gasteiger partial charge on any atom is -0.507 e. The van der Waals surface area contributed by atoms with Crippen LogP contribution < -0.4 is 0 Å². The van der Waals surface area contributed by atoms with Gasteiger partial charge < -0.3 is 10.0 Å². The van der Waals surface area contributed by atoms with E-state index in [1.54, 1.807) is 36.5 Å². The van der Waals surface area contributed by atoms with Crippen LogP contribution in [0.3, 0.4) is 0 Å². The Labute approximate surface area is 215 Å². The number of nitrogens with zero attached hydrogens (tertiary/aromatic N) is 2. The fourth-order valence-electron chi connectivity index (χ4n) is 4.23. The van der Waals surface area contributed by atoms with Crippen molar-refractivity contribution < 1.29 is 14.7 Å². The zero-order valence-corrected chi connectivity index (χ0v) is 21.5. The average molecular weight is 509 g/mol. The van der Waals surface area contributed by atoms with Gasteiger partial charge in [0.05, 0.1) is 33.9 Å². The molecule has 1 aromatic heterocycles. The van der Waals surface area contributed by atoms with E-state index in [1.807, 2.05) is 31.2 Å². The van der Waals surface area contributed by atoms with Crippen LogP contribution in [0.2, 0.25) is 10.0 Å². The van der Waals surface area contributed by atoms with Crippen molar-refractivity contribution in [3.8, 4) is 0 Å². The van der Waals surface area contributed by atoms with Gasteiger partial charge in [0.2, 0.25) is 0 Å². The predicted molar refractivity (Wildman–Crippen MR) is 138 cm³/mol. The van der Waals surface area contributed by atoms with Crippen LogP contribution in [0.5, 0.6) is 0 Å².